The van der Waals surface area contributed by atoms with Crippen LogP contribution in [0.3, 0.4) is 0 Å². The predicted molar refractivity (Wildman–Crippen MR) is 58.1 cm³/mol. The lowest BCUT2D eigenvalue weighted by molar-refractivity contribution is 0.188. The van der Waals surface area contributed by atoms with Crippen LogP contribution in [0.15, 0.2) is 35.2 Å². The van der Waals surface area contributed by atoms with Gasteiger partial charge in [-0.2, -0.15) is 0 Å². The van der Waals surface area contributed by atoms with Crippen LogP contribution in [0.25, 0.3) is 0 Å². The van der Waals surface area contributed by atoms with Crippen molar-refractivity contribution in [2.24, 2.45) is 0 Å². The van der Waals surface area contributed by atoms with Crippen molar-refractivity contribution < 1.29 is 5.11 Å². The van der Waals surface area contributed by atoms with Gasteiger partial charge in [0.25, 0.3) is 0 Å². The standard InChI is InChI=1S/C11H16OS/c1-2-6-10(12)9-13-11-7-4-3-5-8-11/h3-5,7-8,10,12H,2,6,9H2,1H3/t10-/m0/s1. The van der Waals surface area contributed by atoms with Crippen molar-refractivity contribution in [2.45, 2.75) is 30.8 Å². The molecule has 0 aliphatic rings. The number of aliphatic hydroxyl groups is 1. The molecule has 1 nitrogen and oxygen atoms in total. The molecule has 1 N–H and O–H groups in total. The van der Waals surface area contributed by atoms with E-state index in [-0.39, 0.29) is 6.10 Å². The predicted octanol–water partition coefficient (Wildman–Crippen LogP) is 2.94. The fraction of sp³-hybridized carbons (Fsp3) is 0.455. The smallest absolute Gasteiger partial charge is 0.0634 e. The molecule has 0 radical (unpaired) electrons. The molecule has 0 bridgehead atoms. The summed E-state index contributed by atoms with van der Waals surface area (Å²) in [5.41, 5.74) is 0. The van der Waals surface area contributed by atoms with Crippen molar-refractivity contribution in [3.8, 4) is 0 Å². The van der Waals surface area contributed by atoms with Crippen molar-refractivity contribution in [3.63, 3.8) is 0 Å². The third-order valence-corrected chi connectivity index (χ3v) is 2.96. The second-order valence-electron chi connectivity index (χ2n) is 3.07. The maximum atomic E-state index is 9.49. The summed E-state index contributed by atoms with van der Waals surface area (Å²) in [6.45, 7) is 2.09. The highest BCUT2D eigenvalue weighted by Gasteiger charge is 2.02. The van der Waals surface area contributed by atoms with Gasteiger partial charge in [0, 0.05) is 10.6 Å². The van der Waals surface area contributed by atoms with Crippen molar-refractivity contribution in [1.82, 2.24) is 0 Å². The van der Waals surface area contributed by atoms with Gasteiger partial charge in [-0.25, -0.2) is 0 Å². The highest BCUT2D eigenvalue weighted by atomic mass is 32.2. The number of thioether (sulfide) groups is 1. The molecule has 0 unspecified atom stereocenters. The zero-order valence-electron chi connectivity index (χ0n) is 7.94. The van der Waals surface area contributed by atoms with Gasteiger partial charge in [-0.3, -0.25) is 0 Å². The Kier molecular flexibility index (Phi) is 4.94. The van der Waals surface area contributed by atoms with Crippen LogP contribution in [0.2, 0.25) is 0 Å². The zero-order valence-corrected chi connectivity index (χ0v) is 8.76. The molecule has 13 heavy (non-hydrogen) atoms. The Morgan fingerprint density at radius 3 is 2.62 bits per heavy atom. The minimum absolute atomic E-state index is 0.157. The maximum absolute atomic E-state index is 9.49. The van der Waals surface area contributed by atoms with E-state index in [1.54, 1.807) is 11.8 Å². The molecule has 2 heteroatoms. The third-order valence-electron chi connectivity index (χ3n) is 1.81. The molecular formula is C11H16OS. The molecule has 72 valence electrons. The first-order chi connectivity index (χ1) is 6.33. The summed E-state index contributed by atoms with van der Waals surface area (Å²) < 4.78 is 0. The third kappa shape index (κ3) is 4.34. The van der Waals surface area contributed by atoms with E-state index >= 15 is 0 Å². The summed E-state index contributed by atoms with van der Waals surface area (Å²) in [5.74, 6) is 0.803. The van der Waals surface area contributed by atoms with Crippen LogP contribution in [0, 0.1) is 0 Å². The SMILES string of the molecule is CCC[C@H](O)CSc1ccccc1. The van der Waals surface area contributed by atoms with E-state index in [0.29, 0.717) is 0 Å². The number of rotatable bonds is 5. The van der Waals surface area contributed by atoms with Crippen molar-refractivity contribution >= 4 is 11.8 Å². The van der Waals surface area contributed by atoms with Crippen LogP contribution < -0.4 is 0 Å². The van der Waals surface area contributed by atoms with Crippen LogP contribution >= 0.6 is 11.8 Å². The van der Waals surface area contributed by atoms with Gasteiger partial charge in [0.15, 0.2) is 0 Å². The number of hydrogen-bond donors (Lipinski definition) is 1. The molecule has 0 spiro atoms. The van der Waals surface area contributed by atoms with E-state index in [0.717, 1.165) is 18.6 Å². The first kappa shape index (κ1) is 10.6. The summed E-state index contributed by atoms with van der Waals surface area (Å²) in [4.78, 5) is 1.23. The van der Waals surface area contributed by atoms with E-state index in [1.807, 2.05) is 18.2 Å². The molecule has 1 rings (SSSR count). The van der Waals surface area contributed by atoms with Gasteiger partial charge in [-0.05, 0) is 18.6 Å². The molecule has 1 atom stereocenters. The van der Waals surface area contributed by atoms with Gasteiger partial charge in [-0.15, -0.1) is 11.8 Å². The molecule has 0 heterocycles. The van der Waals surface area contributed by atoms with Gasteiger partial charge in [-0.1, -0.05) is 31.5 Å². The maximum Gasteiger partial charge on any atom is 0.0634 e. The summed E-state index contributed by atoms with van der Waals surface area (Å²) in [7, 11) is 0. The van der Waals surface area contributed by atoms with Crippen LogP contribution in [-0.4, -0.2) is 17.0 Å². The minimum Gasteiger partial charge on any atom is -0.392 e. The van der Waals surface area contributed by atoms with Crippen molar-refractivity contribution in [2.75, 3.05) is 5.75 Å². The van der Waals surface area contributed by atoms with E-state index in [9.17, 15) is 5.11 Å². The van der Waals surface area contributed by atoms with Gasteiger partial charge < -0.3 is 5.11 Å². The number of aliphatic hydroxyl groups excluding tert-OH is 1. The van der Waals surface area contributed by atoms with E-state index in [4.69, 9.17) is 0 Å². The average Bonchev–Trinajstić information content (AvgIpc) is 2.17. The second kappa shape index (κ2) is 6.06. The molecule has 0 aromatic heterocycles. The Morgan fingerprint density at radius 1 is 1.31 bits per heavy atom. The number of benzene rings is 1. The fourth-order valence-corrected chi connectivity index (χ4v) is 2.03. The Hall–Kier alpha value is -0.470. The Morgan fingerprint density at radius 2 is 2.00 bits per heavy atom. The van der Waals surface area contributed by atoms with Gasteiger partial charge in [0.05, 0.1) is 6.10 Å². The molecule has 0 saturated carbocycles. The summed E-state index contributed by atoms with van der Waals surface area (Å²) >= 11 is 1.72. The second-order valence-corrected chi connectivity index (χ2v) is 4.16. The summed E-state index contributed by atoms with van der Waals surface area (Å²) in [6.07, 6.45) is 1.80. The van der Waals surface area contributed by atoms with Crippen LogP contribution in [0.1, 0.15) is 19.8 Å². The van der Waals surface area contributed by atoms with Crippen molar-refractivity contribution in [1.29, 1.82) is 0 Å². The number of hydrogen-bond acceptors (Lipinski definition) is 2. The van der Waals surface area contributed by atoms with Gasteiger partial charge in [0.1, 0.15) is 0 Å². The van der Waals surface area contributed by atoms with Gasteiger partial charge in [0.2, 0.25) is 0 Å². The molecule has 0 aliphatic heterocycles. The quantitative estimate of drug-likeness (QED) is 0.731. The lowest BCUT2D eigenvalue weighted by Gasteiger charge is -2.07. The molecule has 0 amide bonds. The first-order valence-electron chi connectivity index (χ1n) is 4.69. The fourth-order valence-electron chi connectivity index (χ4n) is 1.13. The lowest BCUT2D eigenvalue weighted by Crippen LogP contribution is -2.08. The molecule has 0 saturated heterocycles. The summed E-state index contributed by atoms with van der Waals surface area (Å²) in [5, 5.41) is 9.49. The molecule has 0 fully saturated rings. The lowest BCUT2D eigenvalue weighted by atomic mass is 10.2. The Balaban J connectivity index is 2.27. The van der Waals surface area contributed by atoms with E-state index in [2.05, 4.69) is 19.1 Å². The van der Waals surface area contributed by atoms with E-state index < -0.39 is 0 Å². The summed E-state index contributed by atoms with van der Waals surface area (Å²) in [6, 6.07) is 10.2. The molecule has 1 aromatic carbocycles. The molecular weight excluding hydrogens is 180 g/mol. The van der Waals surface area contributed by atoms with Crippen LogP contribution in [0.4, 0.5) is 0 Å². The van der Waals surface area contributed by atoms with Crippen LogP contribution in [0.5, 0.6) is 0 Å². The Bertz CT molecular complexity index is 223. The monoisotopic (exact) mass is 196 g/mol. The Labute approximate surface area is 84.2 Å². The molecule has 0 aliphatic carbocycles. The largest absolute Gasteiger partial charge is 0.392 e. The van der Waals surface area contributed by atoms with E-state index in [1.165, 1.54) is 4.90 Å². The zero-order chi connectivity index (χ0) is 9.52. The highest BCUT2D eigenvalue weighted by molar-refractivity contribution is 7.99. The van der Waals surface area contributed by atoms with Crippen molar-refractivity contribution in [3.05, 3.63) is 30.3 Å². The molecule has 1 aromatic rings. The highest BCUT2D eigenvalue weighted by Crippen LogP contribution is 2.18. The van der Waals surface area contributed by atoms with Gasteiger partial charge >= 0.3 is 0 Å². The normalized spacial score (nSPS) is 12.8. The first-order valence-corrected chi connectivity index (χ1v) is 5.67. The average molecular weight is 196 g/mol. The minimum atomic E-state index is -0.157. The van der Waals surface area contributed by atoms with Crippen LogP contribution in [-0.2, 0) is 0 Å². The topological polar surface area (TPSA) is 20.2 Å².